The van der Waals surface area contributed by atoms with E-state index < -0.39 is 0 Å². The average Bonchev–Trinajstić information content (AvgIpc) is 3.18. The quantitative estimate of drug-likeness (QED) is 0.583. The van der Waals surface area contributed by atoms with Crippen molar-refractivity contribution in [3.8, 4) is 11.7 Å². The Labute approximate surface area is 173 Å². The number of hydrogen-bond donors (Lipinski definition) is 2. The summed E-state index contributed by atoms with van der Waals surface area (Å²) in [5.74, 6) is 0.269. The molecule has 0 bridgehead atoms. The van der Waals surface area contributed by atoms with Gasteiger partial charge in [0.25, 0.3) is 5.91 Å². The Kier molecular flexibility index (Phi) is 6.71. The molecule has 10 nitrogen and oxygen atoms in total. The van der Waals surface area contributed by atoms with Crippen LogP contribution in [0, 0.1) is 0 Å². The van der Waals surface area contributed by atoms with Gasteiger partial charge in [0.2, 0.25) is 11.8 Å². The molecule has 2 amide bonds. The van der Waals surface area contributed by atoms with Crippen LogP contribution in [0.2, 0.25) is 0 Å². The molecule has 1 aromatic carbocycles. The number of benzene rings is 1. The van der Waals surface area contributed by atoms with Gasteiger partial charge in [-0.15, -0.1) is 10.2 Å². The molecule has 0 saturated carbocycles. The zero-order valence-electron chi connectivity index (χ0n) is 16.9. The summed E-state index contributed by atoms with van der Waals surface area (Å²) in [6, 6.07) is 10.2. The fraction of sp³-hybridized carbons (Fsp3) is 0.250. The fourth-order valence-corrected chi connectivity index (χ4v) is 2.84. The van der Waals surface area contributed by atoms with Gasteiger partial charge in [-0.1, -0.05) is 13.0 Å². The molecule has 0 aliphatic carbocycles. The first-order valence-corrected chi connectivity index (χ1v) is 9.21. The van der Waals surface area contributed by atoms with E-state index in [1.165, 1.54) is 20.4 Å². The number of amides is 2. The van der Waals surface area contributed by atoms with Crippen molar-refractivity contribution in [2.45, 2.75) is 13.3 Å². The van der Waals surface area contributed by atoms with E-state index in [-0.39, 0.29) is 18.4 Å². The minimum atomic E-state index is -0.320. The van der Waals surface area contributed by atoms with Crippen molar-refractivity contribution in [1.29, 1.82) is 0 Å². The summed E-state index contributed by atoms with van der Waals surface area (Å²) < 4.78 is 11.4. The standard InChI is InChI=1S/C20H22N6O4/c1-4-16-15(11-21-26(16)17-8-9-19(30-3)25-24-17)20(28)23-14-7-5-6-13(10-14)22-18(27)12-29-2/h5-11H,4,12H2,1-3H3,(H,22,27)(H,23,28). The molecule has 30 heavy (non-hydrogen) atoms. The largest absolute Gasteiger partial charge is 0.480 e. The molecule has 2 aromatic heterocycles. The Bertz CT molecular complexity index is 1030. The molecule has 0 aliphatic heterocycles. The van der Waals surface area contributed by atoms with Crippen molar-refractivity contribution in [3.63, 3.8) is 0 Å². The number of carbonyl (C=O) groups excluding carboxylic acids is 2. The predicted molar refractivity (Wildman–Crippen MR) is 110 cm³/mol. The number of nitrogens with zero attached hydrogens (tertiary/aromatic N) is 4. The number of hydrogen-bond acceptors (Lipinski definition) is 7. The normalized spacial score (nSPS) is 10.5. The van der Waals surface area contributed by atoms with Crippen LogP contribution in [-0.4, -0.2) is 52.6 Å². The van der Waals surface area contributed by atoms with E-state index >= 15 is 0 Å². The predicted octanol–water partition coefficient (Wildman–Crippen LogP) is 2.07. The first-order chi connectivity index (χ1) is 14.5. The average molecular weight is 410 g/mol. The molecule has 156 valence electrons. The maximum Gasteiger partial charge on any atom is 0.259 e. The smallest absolute Gasteiger partial charge is 0.259 e. The number of rotatable bonds is 8. The zero-order chi connectivity index (χ0) is 21.5. The third-order valence-electron chi connectivity index (χ3n) is 4.18. The van der Waals surface area contributed by atoms with E-state index in [4.69, 9.17) is 9.47 Å². The fourth-order valence-electron chi connectivity index (χ4n) is 2.84. The molecular weight excluding hydrogens is 388 g/mol. The molecule has 2 heterocycles. The number of nitrogens with one attached hydrogen (secondary N) is 2. The SMILES string of the molecule is CCc1c(C(=O)Nc2cccc(NC(=O)COC)c2)cnn1-c1ccc(OC)nn1. The zero-order valence-corrected chi connectivity index (χ0v) is 16.9. The van der Waals surface area contributed by atoms with Gasteiger partial charge in [-0.05, 0) is 30.7 Å². The van der Waals surface area contributed by atoms with Gasteiger partial charge in [-0.25, -0.2) is 4.68 Å². The second kappa shape index (κ2) is 9.61. The number of aromatic nitrogens is 4. The lowest BCUT2D eigenvalue weighted by molar-refractivity contribution is -0.119. The second-order valence-corrected chi connectivity index (χ2v) is 6.22. The van der Waals surface area contributed by atoms with Crippen LogP contribution in [0.1, 0.15) is 23.0 Å². The Hall–Kier alpha value is -3.79. The van der Waals surface area contributed by atoms with Crippen molar-refractivity contribution in [3.05, 3.63) is 53.9 Å². The third kappa shape index (κ3) is 4.78. The van der Waals surface area contributed by atoms with Crippen LogP contribution in [0.3, 0.4) is 0 Å². The Balaban J connectivity index is 1.79. The monoisotopic (exact) mass is 410 g/mol. The molecule has 3 rings (SSSR count). The molecule has 0 saturated heterocycles. The topological polar surface area (TPSA) is 120 Å². The summed E-state index contributed by atoms with van der Waals surface area (Å²) in [5, 5.41) is 17.8. The van der Waals surface area contributed by atoms with E-state index in [1.807, 2.05) is 6.92 Å². The number of carbonyl (C=O) groups is 2. The van der Waals surface area contributed by atoms with Gasteiger partial charge in [0, 0.05) is 24.6 Å². The first kappa shape index (κ1) is 20.9. The minimum absolute atomic E-state index is 0.0517. The number of anilines is 2. The summed E-state index contributed by atoms with van der Waals surface area (Å²) in [5.41, 5.74) is 2.20. The van der Waals surface area contributed by atoms with E-state index in [2.05, 4.69) is 25.9 Å². The van der Waals surface area contributed by atoms with Crippen LogP contribution >= 0.6 is 0 Å². The Morgan fingerprint density at radius 1 is 1.07 bits per heavy atom. The molecular formula is C20H22N6O4. The summed E-state index contributed by atoms with van der Waals surface area (Å²) in [4.78, 5) is 24.5. The molecule has 0 radical (unpaired) electrons. The molecule has 3 aromatic rings. The maximum atomic E-state index is 12.8. The van der Waals surface area contributed by atoms with Crippen molar-refractivity contribution in [2.75, 3.05) is 31.5 Å². The summed E-state index contributed by atoms with van der Waals surface area (Å²) in [7, 11) is 2.95. The van der Waals surface area contributed by atoms with Gasteiger partial charge < -0.3 is 20.1 Å². The van der Waals surface area contributed by atoms with Gasteiger partial charge in [-0.2, -0.15) is 5.10 Å². The highest BCUT2D eigenvalue weighted by Gasteiger charge is 2.18. The van der Waals surface area contributed by atoms with Crippen LogP contribution in [0.5, 0.6) is 5.88 Å². The molecule has 0 aliphatic rings. The van der Waals surface area contributed by atoms with Crippen molar-refractivity contribution in [2.24, 2.45) is 0 Å². The highest BCUT2D eigenvalue weighted by molar-refractivity contribution is 6.05. The second-order valence-electron chi connectivity index (χ2n) is 6.22. The summed E-state index contributed by atoms with van der Waals surface area (Å²) in [6.07, 6.45) is 2.05. The van der Waals surface area contributed by atoms with Crippen LogP contribution in [0.25, 0.3) is 5.82 Å². The first-order valence-electron chi connectivity index (χ1n) is 9.21. The van der Waals surface area contributed by atoms with E-state index in [0.29, 0.717) is 40.8 Å². The highest BCUT2D eigenvalue weighted by Crippen LogP contribution is 2.19. The molecule has 0 atom stereocenters. The lowest BCUT2D eigenvalue weighted by Gasteiger charge is -2.10. The van der Waals surface area contributed by atoms with Crippen LogP contribution in [0.15, 0.2) is 42.6 Å². The van der Waals surface area contributed by atoms with Crippen molar-refractivity contribution >= 4 is 23.2 Å². The van der Waals surface area contributed by atoms with Crippen LogP contribution < -0.4 is 15.4 Å². The van der Waals surface area contributed by atoms with Gasteiger partial charge in [0.1, 0.15) is 6.61 Å². The van der Waals surface area contributed by atoms with E-state index in [9.17, 15) is 9.59 Å². The minimum Gasteiger partial charge on any atom is -0.480 e. The van der Waals surface area contributed by atoms with Crippen LogP contribution in [-0.2, 0) is 16.0 Å². The van der Waals surface area contributed by atoms with Crippen LogP contribution in [0.4, 0.5) is 11.4 Å². The molecule has 0 spiro atoms. The lowest BCUT2D eigenvalue weighted by Crippen LogP contribution is -2.18. The number of ether oxygens (including phenoxy) is 2. The van der Waals surface area contributed by atoms with Gasteiger partial charge >= 0.3 is 0 Å². The van der Waals surface area contributed by atoms with Gasteiger partial charge in [0.15, 0.2) is 5.82 Å². The van der Waals surface area contributed by atoms with Gasteiger partial charge in [-0.3, -0.25) is 9.59 Å². The van der Waals surface area contributed by atoms with Crippen molar-refractivity contribution in [1.82, 2.24) is 20.0 Å². The highest BCUT2D eigenvalue weighted by atomic mass is 16.5. The summed E-state index contributed by atoms with van der Waals surface area (Å²) >= 11 is 0. The Morgan fingerprint density at radius 2 is 1.83 bits per heavy atom. The summed E-state index contributed by atoms with van der Waals surface area (Å²) in [6.45, 7) is 1.87. The molecule has 0 fully saturated rings. The van der Waals surface area contributed by atoms with E-state index in [1.54, 1.807) is 41.1 Å². The van der Waals surface area contributed by atoms with Gasteiger partial charge in [0.05, 0.1) is 24.6 Å². The van der Waals surface area contributed by atoms with Crippen molar-refractivity contribution < 1.29 is 19.1 Å². The lowest BCUT2D eigenvalue weighted by atomic mass is 10.2. The van der Waals surface area contributed by atoms with E-state index in [0.717, 1.165) is 0 Å². The third-order valence-corrected chi connectivity index (χ3v) is 4.18. The molecule has 2 N–H and O–H groups in total. The number of methoxy groups -OCH3 is 2. The Morgan fingerprint density at radius 3 is 2.47 bits per heavy atom. The maximum absolute atomic E-state index is 12.8. The molecule has 0 unspecified atom stereocenters. The molecule has 10 heteroatoms.